The first kappa shape index (κ1) is 14.8. The highest BCUT2D eigenvalue weighted by atomic mass is 16.5. The van der Waals surface area contributed by atoms with Gasteiger partial charge in [-0.05, 0) is 55.5 Å². The van der Waals surface area contributed by atoms with Gasteiger partial charge >= 0.3 is 0 Å². The largest absolute Gasteiger partial charge is 0.497 e. The first-order valence-corrected chi connectivity index (χ1v) is 7.89. The van der Waals surface area contributed by atoms with E-state index in [4.69, 9.17) is 15.2 Å². The van der Waals surface area contributed by atoms with E-state index in [0.717, 1.165) is 37.8 Å². The van der Waals surface area contributed by atoms with E-state index in [-0.39, 0.29) is 6.04 Å². The molecule has 1 aliphatic heterocycles. The summed E-state index contributed by atoms with van der Waals surface area (Å²) in [4.78, 5) is 2.45. The molecule has 0 bridgehead atoms. The van der Waals surface area contributed by atoms with Crippen LogP contribution in [0.4, 0.5) is 0 Å². The Hall–Kier alpha value is -1.10. The van der Waals surface area contributed by atoms with Crippen LogP contribution in [0.15, 0.2) is 18.2 Å². The molecule has 0 amide bonds. The standard InChI is InChI=1S/C17H26N2O2/c1-19(11-12-5-7-21-8-6-12)16-9-13-3-4-14(20-2)10-15(13)17(16)18/h3-4,10,12,16-17H,5-9,11,18H2,1-2H3. The van der Waals surface area contributed by atoms with Gasteiger partial charge in [-0.15, -0.1) is 0 Å². The van der Waals surface area contributed by atoms with Crippen molar-refractivity contribution in [3.63, 3.8) is 0 Å². The van der Waals surface area contributed by atoms with Gasteiger partial charge in [-0.2, -0.15) is 0 Å². The molecule has 1 aromatic carbocycles. The quantitative estimate of drug-likeness (QED) is 0.921. The third-order valence-electron chi connectivity index (χ3n) is 5.01. The van der Waals surface area contributed by atoms with Crippen LogP contribution in [0.25, 0.3) is 0 Å². The molecule has 1 aliphatic carbocycles. The lowest BCUT2D eigenvalue weighted by Crippen LogP contribution is -2.41. The summed E-state index contributed by atoms with van der Waals surface area (Å²) in [5, 5.41) is 0. The number of benzene rings is 1. The van der Waals surface area contributed by atoms with E-state index in [0.29, 0.717) is 6.04 Å². The third kappa shape index (κ3) is 3.07. The van der Waals surface area contributed by atoms with Crippen LogP contribution >= 0.6 is 0 Å². The Morgan fingerprint density at radius 1 is 1.33 bits per heavy atom. The van der Waals surface area contributed by atoms with Crippen LogP contribution in [-0.4, -0.2) is 44.9 Å². The van der Waals surface area contributed by atoms with E-state index >= 15 is 0 Å². The van der Waals surface area contributed by atoms with Crippen LogP contribution in [0.2, 0.25) is 0 Å². The fourth-order valence-electron chi connectivity index (χ4n) is 3.66. The monoisotopic (exact) mass is 290 g/mol. The highest BCUT2D eigenvalue weighted by molar-refractivity contribution is 5.42. The molecule has 0 aromatic heterocycles. The Kier molecular flexibility index (Phi) is 4.48. The lowest BCUT2D eigenvalue weighted by Gasteiger charge is -2.32. The molecule has 2 N–H and O–H groups in total. The molecule has 2 unspecified atom stereocenters. The maximum atomic E-state index is 6.50. The molecule has 4 heteroatoms. The Morgan fingerprint density at radius 2 is 2.10 bits per heavy atom. The minimum atomic E-state index is 0.0833. The predicted octanol–water partition coefficient (Wildman–Crippen LogP) is 1.98. The normalized spacial score (nSPS) is 26.1. The summed E-state index contributed by atoms with van der Waals surface area (Å²) >= 11 is 0. The number of likely N-dealkylation sites (N-methyl/N-ethyl adjacent to an activating group) is 1. The Bertz CT molecular complexity index is 486. The zero-order valence-electron chi connectivity index (χ0n) is 13.0. The lowest BCUT2D eigenvalue weighted by atomic mass is 9.98. The highest BCUT2D eigenvalue weighted by Crippen LogP contribution is 2.35. The fourth-order valence-corrected chi connectivity index (χ4v) is 3.66. The van der Waals surface area contributed by atoms with Gasteiger partial charge in [0.2, 0.25) is 0 Å². The molecule has 0 radical (unpaired) electrons. The first-order chi connectivity index (χ1) is 10.2. The molecule has 1 heterocycles. The van der Waals surface area contributed by atoms with Crippen molar-refractivity contribution in [1.29, 1.82) is 0 Å². The van der Waals surface area contributed by atoms with Crippen molar-refractivity contribution >= 4 is 0 Å². The van der Waals surface area contributed by atoms with E-state index in [9.17, 15) is 0 Å². The fraction of sp³-hybridized carbons (Fsp3) is 0.647. The van der Waals surface area contributed by atoms with Crippen molar-refractivity contribution in [1.82, 2.24) is 4.90 Å². The summed E-state index contributed by atoms with van der Waals surface area (Å²) in [5.41, 5.74) is 9.11. The Labute approximate surface area is 127 Å². The highest BCUT2D eigenvalue weighted by Gasteiger charge is 2.33. The van der Waals surface area contributed by atoms with Crippen molar-refractivity contribution in [2.75, 3.05) is 33.9 Å². The number of hydrogen-bond acceptors (Lipinski definition) is 4. The molecule has 0 saturated carbocycles. The lowest BCUT2D eigenvalue weighted by molar-refractivity contribution is 0.0492. The maximum Gasteiger partial charge on any atom is 0.119 e. The van der Waals surface area contributed by atoms with Gasteiger partial charge in [0.25, 0.3) is 0 Å². The number of rotatable bonds is 4. The number of ether oxygens (including phenoxy) is 2. The molecule has 2 aliphatic rings. The number of hydrogen-bond donors (Lipinski definition) is 1. The zero-order valence-corrected chi connectivity index (χ0v) is 13.0. The molecule has 1 saturated heterocycles. The summed E-state index contributed by atoms with van der Waals surface area (Å²) in [7, 11) is 3.92. The Balaban J connectivity index is 1.67. The minimum Gasteiger partial charge on any atom is -0.497 e. The van der Waals surface area contributed by atoms with Crippen LogP contribution < -0.4 is 10.5 Å². The van der Waals surface area contributed by atoms with Crippen LogP contribution in [0.5, 0.6) is 5.75 Å². The van der Waals surface area contributed by atoms with Crippen molar-refractivity contribution in [2.45, 2.75) is 31.3 Å². The minimum absolute atomic E-state index is 0.0833. The number of nitrogens with zero attached hydrogens (tertiary/aromatic N) is 1. The smallest absolute Gasteiger partial charge is 0.119 e. The second-order valence-corrected chi connectivity index (χ2v) is 6.36. The molecular weight excluding hydrogens is 264 g/mol. The second-order valence-electron chi connectivity index (χ2n) is 6.36. The molecule has 0 spiro atoms. The maximum absolute atomic E-state index is 6.50. The van der Waals surface area contributed by atoms with Gasteiger partial charge < -0.3 is 20.1 Å². The summed E-state index contributed by atoms with van der Waals surface area (Å²) < 4.78 is 10.8. The number of nitrogens with two attached hydrogens (primary N) is 1. The Morgan fingerprint density at radius 3 is 2.81 bits per heavy atom. The van der Waals surface area contributed by atoms with Crippen LogP contribution in [0, 0.1) is 5.92 Å². The average Bonchev–Trinajstić information content (AvgIpc) is 2.85. The van der Waals surface area contributed by atoms with Crippen molar-refractivity contribution in [3.8, 4) is 5.75 Å². The number of methoxy groups -OCH3 is 1. The second kappa shape index (κ2) is 6.34. The first-order valence-electron chi connectivity index (χ1n) is 7.89. The molecule has 3 rings (SSSR count). The summed E-state index contributed by atoms with van der Waals surface area (Å²) in [6.07, 6.45) is 3.39. The van der Waals surface area contributed by atoms with Crippen LogP contribution in [0.3, 0.4) is 0 Å². The van der Waals surface area contributed by atoms with E-state index in [1.54, 1.807) is 7.11 Å². The van der Waals surface area contributed by atoms with Gasteiger partial charge in [-0.25, -0.2) is 0 Å². The van der Waals surface area contributed by atoms with Crippen molar-refractivity contribution < 1.29 is 9.47 Å². The zero-order chi connectivity index (χ0) is 14.8. The predicted molar refractivity (Wildman–Crippen MR) is 83.6 cm³/mol. The van der Waals surface area contributed by atoms with Crippen molar-refractivity contribution in [2.24, 2.45) is 11.7 Å². The average molecular weight is 290 g/mol. The van der Waals surface area contributed by atoms with E-state index < -0.39 is 0 Å². The van der Waals surface area contributed by atoms with Gasteiger partial charge in [0.05, 0.1) is 7.11 Å². The molecule has 2 atom stereocenters. The van der Waals surface area contributed by atoms with Crippen LogP contribution in [-0.2, 0) is 11.2 Å². The van der Waals surface area contributed by atoms with Gasteiger partial charge in [-0.3, -0.25) is 0 Å². The van der Waals surface area contributed by atoms with E-state index in [1.807, 2.05) is 6.07 Å². The van der Waals surface area contributed by atoms with Crippen molar-refractivity contribution in [3.05, 3.63) is 29.3 Å². The van der Waals surface area contributed by atoms with Gasteiger partial charge in [0, 0.05) is 31.8 Å². The van der Waals surface area contributed by atoms with E-state index in [2.05, 4.69) is 24.1 Å². The van der Waals surface area contributed by atoms with Gasteiger partial charge in [-0.1, -0.05) is 6.07 Å². The topological polar surface area (TPSA) is 47.7 Å². The molecule has 4 nitrogen and oxygen atoms in total. The summed E-state index contributed by atoms with van der Waals surface area (Å²) in [6, 6.07) is 6.78. The van der Waals surface area contributed by atoms with Crippen LogP contribution in [0.1, 0.15) is 30.0 Å². The number of fused-ring (bicyclic) bond motifs is 1. The third-order valence-corrected chi connectivity index (χ3v) is 5.01. The van der Waals surface area contributed by atoms with E-state index in [1.165, 1.54) is 24.0 Å². The molecule has 21 heavy (non-hydrogen) atoms. The molecule has 116 valence electrons. The molecular formula is C17H26N2O2. The molecule has 1 aromatic rings. The van der Waals surface area contributed by atoms with Gasteiger partial charge in [0.15, 0.2) is 0 Å². The van der Waals surface area contributed by atoms with Gasteiger partial charge in [0.1, 0.15) is 5.75 Å². The SMILES string of the molecule is COc1ccc2c(c1)C(N)C(N(C)CC1CCOCC1)C2. The molecule has 1 fully saturated rings. The summed E-state index contributed by atoms with van der Waals surface area (Å²) in [6.45, 7) is 2.94. The summed E-state index contributed by atoms with van der Waals surface area (Å²) in [5.74, 6) is 1.64.